The number of rotatable bonds is 14. The van der Waals surface area contributed by atoms with Gasteiger partial charge in [0, 0.05) is 5.41 Å². The summed E-state index contributed by atoms with van der Waals surface area (Å²) >= 11 is 0. The van der Waals surface area contributed by atoms with E-state index < -0.39 is 0 Å². The van der Waals surface area contributed by atoms with Crippen LogP contribution in [0.3, 0.4) is 0 Å². The Kier molecular flexibility index (Phi) is 8.47. The van der Waals surface area contributed by atoms with Crippen molar-refractivity contribution in [2.24, 2.45) is 0 Å². The molecule has 3 aromatic carbocycles. The van der Waals surface area contributed by atoms with Crippen LogP contribution in [0.4, 0.5) is 0 Å². The van der Waals surface area contributed by atoms with Gasteiger partial charge in [-0.3, -0.25) is 0 Å². The number of hydrogen-bond donors (Lipinski definition) is 0. The van der Waals surface area contributed by atoms with Crippen LogP contribution in [0, 0.1) is 41.5 Å². The first-order valence-electron chi connectivity index (χ1n) is 15.7. The van der Waals surface area contributed by atoms with Gasteiger partial charge in [-0.1, -0.05) is 43.3 Å². The van der Waals surface area contributed by atoms with Crippen LogP contribution in [-0.4, -0.2) is 58.0 Å². The summed E-state index contributed by atoms with van der Waals surface area (Å²) in [5.41, 5.74) is 10.7. The van der Waals surface area contributed by atoms with Crippen LogP contribution in [0.1, 0.15) is 63.4 Å². The summed E-state index contributed by atoms with van der Waals surface area (Å²) < 4.78 is 34.6. The highest BCUT2D eigenvalue weighted by Crippen LogP contribution is 2.42. The van der Waals surface area contributed by atoms with Gasteiger partial charge in [-0.05, 0) is 104 Å². The summed E-state index contributed by atoms with van der Waals surface area (Å²) in [5, 5.41) is 0. The number of aryl methyl sites for hydroxylation is 7. The molecule has 43 heavy (non-hydrogen) atoms. The van der Waals surface area contributed by atoms with E-state index in [0.29, 0.717) is 19.8 Å². The van der Waals surface area contributed by atoms with Crippen molar-refractivity contribution in [3.63, 3.8) is 0 Å². The molecule has 3 unspecified atom stereocenters. The van der Waals surface area contributed by atoms with Gasteiger partial charge in [-0.2, -0.15) is 0 Å². The monoisotopic (exact) mass is 586 g/mol. The van der Waals surface area contributed by atoms with Gasteiger partial charge in [0.15, 0.2) is 0 Å². The second-order valence-corrected chi connectivity index (χ2v) is 13.1. The molecular weight excluding hydrogens is 540 g/mol. The average molecular weight is 587 g/mol. The van der Waals surface area contributed by atoms with Crippen LogP contribution >= 0.6 is 0 Å². The van der Waals surface area contributed by atoms with Crippen LogP contribution in [0.5, 0.6) is 17.2 Å². The van der Waals surface area contributed by atoms with Gasteiger partial charge in [0.05, 0.1) is 19.8 Å². The van der Waals surface area contributed by atoms with Crippen molar-refractivity contribution in [3.05, 3.63) is 86.5 Å². The minimum absolute atomic E-state index is 0.229. The second-order valence-electron chi connectivity index (χ2n) is 13.1. The average Bonchev–Trinajstić information content (AvgIpc) is 3.79. The van der Waals surface area contributed by atoms with E-state index in [0.717, 1.165) is 72.2 Å². The molecule has 3 aliphatic rings. The molecule has 0 amide bonds. The van der Waals surface area contributed by atoms with E-state index in [1.54, 1.807) is 0 Å². The maximum absolute atomic E-state index is 6.20. The molecule has 0 aromatic heterocycles. The zero-order valence-corrected chi connectivity index (χ0v) is 26.8. The number of ether oxygens (including phenoxy) is 6. The van der Waals surface area contributed by atoms with E-state index >= 15 is 0 Å². The molecule has 3 fully saturated rings. The predicted molar refractivity (Wildman–Crippen MR) is 168 cm³/mol. The zero-order valence-electron chi connectivity index (χ0n) is 26.8. The van der Waals surface area contributed by atoms with Crippen LogP contribution in [-0.2, 0) is 26.0 Å². The molecule has 0 saturated carbocycles. The molecule has 6 rings (SSSR count). The summed E-state index contributed by atoms with van der Waals surface area (Å²) in [6, 6.07) is 13.9. The Bertz CT molecular complexity index is 1340. The van der Waals surface area contributed by atoms with E-state index in [4.69, 9.17) is 28.4 Å². The van der Waals surface area contributed by atoms with Crippen LogP contribution in [0.15, 0.2) is 36.4 Å². The highest BCUT2D eigenvalue weighted by atomic mass is 16.6. The fraction of sp³-hybridized carbons (Fsp3) is 0.514. The molecule has 3 atom stereocenters. The predicted octanol–water partition coefficient (Wildman–Crippen LogP) is 6.81. The Morgan fingerprint density at radius 2 is 0.860 bits per heavy atom. The summed E-state index contributed by atoms with van der Waals surface area (Å²) in [6.07, 6.45) is 2.59. The van der Waals surface area contributed by atoms with Crippen molar-refractivity contribution < 1.29 is 28.4 Å². The molecule has 6 nitrogen and oxygen atoms in total. The number of hydrogen-bond acceptors (Lipinski definition) is 6. The lowest BCUT2D eigenvalue weighted by atomic mass is 9.71. The molecule has 0 N–H and O–H groups in total. The summed E-state index contributed by atoms with van der Waals surface area (Å²) in [7, 11) is 0. The first kappa shape index (κ1) is 30.0. The molecule has 3 heterocycles. The smallest absolute Gasteiger partial charge is 0.125 e. The minimum atomic E-state index is -0.235. The van der Waals surface area contributed by atoms with E-state index in [2.05, 4.69) is 84.9 Å². The fourth-order valence-electron chi connectivity index (χ4n) is 6.28. The highest BCUT2D eigenvalue weighted by molar-refractivity contribution is 5.53. The summed E-state index contributed by atoms with van der Waals surface area (Å²) in [5.74, 6) is 2.93. The molecule has 3 aliphatic heterocycles. The molecule has 6 heteroatoms. The van der Waals surface area contributed by atoms with Crippen LogP contribution < -0.4 is 14.2 Å². The first-order chi connectivity index (χ1) is 20.6. The Hall–Kier alpha value is -3.06. The lowest BCUT2D eigenvalue weighted by Gasteiger charge is -2.34. The van der Waals surface area contributed by atoms with Crippen molar-refractivity contribution in [2.45, 2.75) is 85.0 Å². The Morgan fingerprint density at radius 3 is 1.16 bits per heavy atom. The van der Waals surface area contributed by atoms with Crippen molar-refractivity contribution in [2.75, 3.05) is 39.6 Å². The van der Waals surface area contributed by atoms with E-state index in [-0.39, 0.29) is 23.7 Å². The Balaban J connectivity index is 1.31. The fourth-order valence-corrected chi connectivity index (χ4v) is 6.28. The van der Waals surface area contributed by atoms with Gasteiger partial charge >= 0.3 is 0 Å². The zero-order chi connectivity index (χ0) is 30.3. The van der Waals surface area contributed by atoms with Gasteiger partial charge < -0.3 is 28.4 Å². The van der Waals surface area contributed by atoms with Gasteiger partial charge in [0.25, 0.3) is 0 Å². The first-order valence-corrected chi connectivity index (χ1v) is 15.7. The lowest BCUT2D eigenvalue weighted by Crippen LogP contribution is -2.26. The Labute approximate surface area is 256 Å². The van der Waals surface area contributed by atoms with Crippen molar-refractivity contribution in [1.82, 2.24) is 0 Å². The summed E-state index contributed by atoms with van der Waals surface area (Å²) in [4.78, 5) is 0. The van der Waals surface area contributed by atoms with E-state index in [9.17, 15) is 0 Å². The van der Waals surface area contributed by atoms with Crippen LogP contribution in [0.2, 0.25) is 0 Å². The molecule has 230 valence electrons. The largest absolute Gasteiger partial charge is 0.490 e. The molecular formula is C37H46O6. The lowest BCUT2D eigenvalue weighted by molar-refractivity contribution is 0.260. The van der Waals surface area contributed by atoms with Crippen molar-refractivity contribution in [3.8, 4) is 17.2 Å². The standard InChI is InChI=1S/C37H46O6/c1-22-10-28(11-23(2)34(22)41-19-31-16-38-31)8-9-37(7,29-12-24(3)35(25(4)13-29)42-20-32-17-39-32)30-14-26(5)36(27(6)15-30)43-21-33-18-40-33/h10-15,31-33H,8-9,16-21H2,1-7H3. The SMILES string of the molecule is Cc1cc(CCC(C)(c2cc(C)c(OCC3CO3)c(C)c2)c2cc(C)c(OCC3CO3)c(C)c2)cc(C)c1OCC1CO1. The normalized spacial score (nSPS) is 21.7. The maximum Gasteiger partial charge on any atom is 0.125 e. The van der Waals surface area contributed by atoms with Crippen molar-refractivity contribution in [1.29, 1.82) is 0 Å². The molecule has 3 saturated heterocycles. The third-order valence-electron chi connectivity index (χ3n) is 9.08. The Morgan fingerprint density at radius 1 is 0.558 bits per heavy atom. The summed E-state index contributed by atoms with van der Waals surface area (Å²) in [6.45, 7) is 19.5. The molecule has 0 spiro atoms. The topological polar surface area (TPSA) is 65.3 Å². The third-order valence-corrected chi connectivity index (χ3v) is 9.08. The minimum Gasteiger partial charge on any atom is -0.490 e. The van der Waals surface area contributed by atoms with Gasteiger partial charge in [-0.15, -0.1) is 0 Å². The molecule has 0 bridgehead atoms. The van der Waals surface area contributed by atoms with Gasteiger partial charge in [0.1, 0.15) is 55.4 Å². The van der Waals surface area contributed by atoms with Crippen molar-refractivity contribution >= 4 is 0 Å². The number of benzene rings is 3. The second kappa shape index (κ2) is 12.1. The quantitative estimate of drug-likeness (QED) is 0.194. The van der Waals surface area contributed by atoms with Gasteiger partial charge in [-0.25, -0.2) is 0 Å². The van der Waals surface area contributed by atoms with Gasteiger partial charge in [0.2, 0.25) is 0 Å². The molecule has 3 aromatic rings. The number of epoxide rings is 3. The highest BCUT2D eigenvalue weighted by Gasteiger charge is 2.32. The van der Waals surface area contributed by atoms with E-state index in [1.807, 2.05) is 0 Å². The molecule has 0 radical (unpaired) electrons. The van der Waals surface area contributed by atoms with Crippen LogP contribution in [0.25, 0.3) is 0 Å². The van der Waals surface area contributed by atoms with E-state index in [1.165, 1.54) is 27.8 Å². The third kappa shape index (κ3) is 7.03. The maximum atomic E-state index is 6.20. The molecule has 0 aliphatic carbocycles.